The Morgan fingerprint density at radius 2 is 1.68 bits per heavy atom. The molecular formula is C20H17ClN. The minimum absolute atomic E-state index is 0.751. The lowest BCUT2D eigenvalue weighted by Gasteiger charge is -2.20. The second kappa shape index (κ2) is 6.67. The molecule has 0 atom stereocenters. The third kappa shape index (κ3) is 3.49. The lowest BCUT2D eigenvalue weighted by atomic mass is 10.0. The lowest BCUT2D eigenvalue weighted by molar-refractivity contribution is 0.923. The Morgan fingerprint density at radius 3 is 2.41 bits per heavy atom. The maximum atomic E-state index is 5.95. The Balaban J connectivity index is 1.83. The molecule has 1 nitrogen and oxygen atoms in total. The van der Waals surface area contributed by atoms with Crippen molar-refractivity contribution in [1.29, 1.82) is 0 Å². The summed E-state index contributed by atoms with van der Waals surface area (Å²) in [6, 6.07) is 27.8. The van der Waals surface area contributed by atoms with Crippen LogP contribution in [0.1, 0.15) is 5.56 Å². The van der Waals surface area contributed by atoms with Gasteiger partial charge in [-0.2, -0.15) is 0 Å². The highest BCUT2D eigenvalue weighted by atomic mass is 35.5. The smallest absolute Gasteiger partial charge is 0.0426 e. The first kappa shape index (κ1) is 14.7. The highest BCUT2D eigenvalue weighted by Gasteiger charge is 2.05. The summed E-state index contributed by atoms with van der Waals surface area (Å²) >= 11 is 5.95. The van der Waals surface area contributed by atoms with E-state index in [-0.39, 0.29) is 0 Å². The van der Waals surface area contributed by atoms with Crippen LogP contribution in [0.3, 0.4) is 0 Å². The molecule has 0 unspecified atom stereocenters. The highest BCUT2D eigenvalue weighted by molar-refractivity contribution is 6.30. The van der Waals surface area contributed by atoms with Crippen LogP contribution in [0.25, 0.3) is 11.1 Å². The fourth-order valence-electron chi connectivity index (χ4n) is 2.44. The molecule has 2 heteroatoms. The summed E-state index contributed by atoms with van der Waals surface area (Å²) in [6.45, 7) is 0.880. The molecule has 0 aliphatic heterocycles. The van der Waals surface area contributed by atoms with Crippen LogP contribution in [0.5, 0.6) is 0 Å². The summed E-state index contributed by atoms with van der Waals surface area (Å²) in [7, 11) is 2.11. The van der Waals surface area contributed by atoms with Gasteiger partial charge in [-0.3, -0.25) is 0 Å². The number of rotatable bonds is 4. The van der Waals surface area contributed by atoms with Crippen molar-refractivity contribution in [3.05, 3.63) is 89.4 Å². The number of hydrogen-bond acceptors (Lipinski definition) is 1. The summed E-state index contributed by atoms with van der Waals surface area (Å²) in [5.41, 5.74) is 4.67. The minimum Gasteiger partial charge on any atom is -0.370 e. The molecule has 0 aromatic heterocycles. The molecule has 0 aliphatic carbocycles. The summed E-state index contributed by atoms with van der Waals surface area (Å²) in [6.07, 6.45) is 0. The Labute approximate surface area is 136 Å². The van der Waals surface area contributed by atoms with Gasteiger partial charge in [0.2, 0.25) is 0 Å². The SMILES string of the molecule is CN(Cc1ccccc1)c1cc[c]c(-c2ccc(Cl)cc2)c1. The molecule has 0 fully saturated rings. The number of hydrogen-bond donors (Lipinski definition) is 0. The molecule has 0 bridgehead atoms. The van der Waals surface area contributed by atoms with Gasteiger partial charge in [0.05, 0.1) is 0 Å². The van der Waals surface area contributed by atoms with Crippen molar-refractivity contribution in [2.45, 2.75) is 6.54 Å². The summed E-state index contributed by atoms with van der Waals surface area (Å²) in [4.78, 5) is 2.24. The van der Waals surface area contributed by atoms with Crippen LogP contribution < -0.4 is 4.90 Å². The van der Waals surface area contributed by atoms with E-state index in [1.807, 2.05) is 36.4 Å². The largest absolute Gasteiger partial charge is 0.370 e. The van der Waals surface area contributed by atoms with E-state index in [4.69, 9.17) is 11.6 Å². The van der Waals surface area contributed by atoms with Crippen LogP contribution in [-0.2, 0) is 6.54 Å². The molecule has 3 aromatic rings. The summed E-state index contributed by atoms with van der Waals surface area (Å²) in [5.74, 6) is 0. The van der Waals surface area contributed by atoms with Crippen LogP contribution in [0.15, 0.2) is 72.8 Å². The predicted molar refractivity (Wildman–Crippen MR) is 94.3 cm³/mol. The first-order valence-electron chi connectivity index (χ1n) is 7.25. The molecule has 0 saturated heterocycles. The van der Waals surface area contributed by atoms with Gasteiger partial charge >= 0.3 is 0 Å². The van der Waals surface area contributed by atoms with E-state index >= 15 is 0 Å². The van der Waals surface area contributed by atoms with Gasteiger partial charge in [0.15, 0.2) is 0 Å². The van der Waals surface area contributed by atoms with E-state index in [0.717, 1.165) is 22.7 Å². The molecule has 109 valence electrons. The third-order valence-electron chi connectivity index (χ3n) is 3.64. The number of benzene rings is 3. The molecule has 0 heterocycles. The lowest BCUT2D eigenvalue weighted by Crippen LogP contribution is -2.16. The molecule has 0 spiro atoms. The molecule has 22 heavy (non-hydrogen) atoms. The monoisotopic (exact) mass is 306 g/mol. The van der Waals surface area contributed by atoms with E-state index in [9.17, 15) is 0 Å². The fourth-order valence-corrected chi connectivity index (χ4v) is 2.56. The van der Waals surface area contributed by atoms with Gasteiger partial charge < -0.3 is 4.90 Å². The average molecular weight is 307 g/mol. The Bertz CT molecular complexity index is 735. The van der Waals surface area contributed by atoms with E-state index in [0.29, 0.717) is 0 Å². The maximum absolute atomic E-state index is 5.95. The number of nitrogens with zero attached hydrogens (tertiary/aromatic N) is 1. The maximum Gasteiger partial charge on any atom is 0.0426 e. The van der Waals surface area contributed by atoms with Crippen molar-refractivity contribution in [2.24, 2.45) is 0 Å². The molecule has 0 saturated carbocycles. The zero-order valence-electron chi connectivity index (χ0n) is 12.5. The van der Waals surface area contributed by atoms with E-state index in [1.165, 1.54) is 11.3 Å². The van der Waals surface area contributed by atoms with Crippen molar-refractivity contribution < 1.29 is 0 Å². The molecular weight excluding hydrogens is 290 g/mol. The number of halogens is 1. The zero-order valence-corrected chi connectivity index (χ0v) is 13.2. The van der Waals surface area contributed by atoms with Gasteiger partial charge in [0.1, 0.15) is 0 Å². The van der Waals surface area contributed by atoms with Crippen LogP contribution in [0, 0.1) is 6.07 Å². The van der Waals surface area contributed by atoms with Gasteiger partial charge in [0, 0.05) is 24.3 Å². The van der Waals surface area contributed by atoms with E-state index in [1.54, 1.807) is 0 Å². The molecule has 0 amide bonds. The predicted octanol–water partition coefficient (Wildman–Crippen LogP) is 5.44. The van der Waals surface area contributed by atoms with Crippen molar-refractivity contribution >= 4 is 17.3 Å². The van der Waals surface area contributed by atoms with Crippen LogP contribution in [0.2, 0.25) is 5.02 Å². The first-order valence-corrected chi connectivity index (χ1v) is 7.63. The average Bonchev–Trinajstić information content (AvgIpc) is 2.56. The Hall–Kier alpha value is -2.25. The van der Waals surface area contributed by atoms with Crippen molar-refractivity contribution in [2.75, 3.05) is 11.9 Å². The number of anilines is 1. The summed E-state index contributed by atoms with van der Waals surface area (Å²) < 4.78 is 0. The third-order valence-corrected chi connectivity index (χ3v) is 3.90. The van der Waals surface area contributed by atoms with Gasteiger partial charge in [-0.15, -0.1) is 0 Å². The summed E-state index contributed by atoms with van der Waals surface area (Å²) in [5, 5.41) is 0.751. The van der Waals surface area contributed by atoms with E-state index < -0.39 is 0 Å². The second-order valence-corrected chi connectivity index (χ2v) is 5.75. The Morgan fingerprint density at radius 1 is 0.955 bits per heavy atom. The molecule has 3 aromatic carbocycles. The molecule has 0 N–H and O–H groups in total. The molecule has 0 aliphatic rings. The van der Waals surface area contributed by atoms with Crippen molar-refractivity contribution in [3.8, 4) is 11.1 Å². The van der Waals surface area contributed by atoms with Crippen LogP contribution in [-0.4, -0.2) is 7.05 Å². The van der Waals surface area contributed by atoms with Crippen LogP contribution in [0.4, 0.5) is 5.69 Å². The Kier molecular flexibility index (Phi) is 4.45. The normalized spacial score (nSPS) is 10.5. The molecule has 3 rings (SSSR count). The fraction of sp³-hybridized carbons (Fsp3) is 0.100. The van der Waals surface area contributed by atoms with Gasteiger partial charge in [-0.25, -0.2) is 0 Å². The first-order chi connectivity index (χ1) is 10.7. The standard InChI is InChI=1S/C20H17ClN/c1-22(15-16-6-3-2-4-7-16)20-9-5-8-18(14-20)17-10-12-19(21)13-11-17/h2-7,9-14H,15H2,1H3. The van der Waals surface area contributed by atoms with Crippen molar-refractivity contribution in [1.82, 2.24) is 0 Å². The van der Waals surface area contributed by atoms with Gasteiger partial charge in [-0.1, -0.05) is 60.1 Å². The topological polar surface area (TPSA) is 3.24 Å². The van der Waals surface area contributed by atoms with E-state index in [2.05, 4.69) is 54.4 Å². The van der Waals surface area contributed by atoms with Gasteiger partial charge in [-0.05, 0) is 47.0 Å². The molecule has 1 radical (unpaired) electrons. The minimum atomic E-state index is 0.751. The zero-order chi connectivity index (χ0) is 15.4. The van der Waals surface area contributed by atoms with Crippen molar-refractivity contribution in [3.63, 3.8) is 0 Å². The van der Waals surface area contributed by atoms with Gasteiger partial charge in [0.25, 0.3) is 0 Å². The van der Waals surface area contributed by atoms with Crippen LogP contribution >= 0.6 is 11.6 Å². The highest BCUT2D eigenvalue weighted by Crippen LogP contribution is 2.25. The second-order valence-electron chi connectivity index (χ2n) is 5.31. The quantitative estimate of drug-likeness (QED) is 0.620.